The molecule has 3 aromatic rings. The second-order valence-electron chi connectivity index (χ2n) is 4.57. The minimum Gasteiger partial charge on any atom is -0.497 e. The predicted molar refractivity (Wildman–Crippen MR) is 81.8 cm³/mol. The zero-order valence-corrected chi connectivity index (χ0v) is 12.0. The SMILES string of the molecule is COc1ccc2c(c1)nc(N)n2-c1c(C)cccc1Cl. The van der Waals surface area contributed by atoms with E-state index in [0.717, 1.165) is 28.0 Å². The molecule has 2 aromatic carbocycles. The van der Waals surface area contributed by atoms with Crippen molar-refractivity contribution in [3.05, 3.63) is 47.0 Å². The number of methoxy groups -OCH3 is 1. The maximum Gasteiger partial charge on any atom is 0.205 e. The maximum atomic E-state index is 6.32. The summed E-state index contributed by atoms with van der Waals surface area (Å²) in [5, 5.41) is 0.645. The largest absolute Gasteiger partial charge is 0.497 e. The van der Waals surface area contributed by atoms with Crippen molar-refractivity contribution in [1.29, 1.82) is 0 Å². The molecule has 0 saturated carbocycles. The van der Waals surface area contributed by atoms with Gasteiger partial charge in [-0.05, 0) is 30.7 Å². The molecule has 0 aliphatic carbocycles. The Kier molecular flexibility index (Phi) is 3.03. The van der Waals surface area contributed by atoms with Crippen LogP contribution < -0.4 is 10.5 Å². The topological polar surface area (TPSA) is 53.1 Å². The summed E-state index contributed by atoms with van der Waals surface area (Å²) in [5.74, 6) is 1.16. The Bertz CT molecular complexity index is 775. The van der Waals surface area contributed by atoms with Crippen molar-refractivity contribution in [3.63, 3.8) is 0 Å². The minimum absolute atomic E-state index is 0.407. The molecule has 5 heteroatoms. The van der Waals surface area contributed by atoms with Gasteiger partial charge >= 0.3 is 0 Å². The van der Waals surface area contributed by atoms with Crippen LogP contribution in [0.2, 0.25) is 5.02 Å². The molecule has 0 aliphatic heterocycles. The van der Waals surface area contributed by atoms with E-state index in [-0.39, 0.29) is 0 Å². The molecule has 1 aromatic heterocycles. The Labute approximate surface area is 121 Å². The van der Waals surface area contributed by atoms with Crippen molar-refractivity contribution in [2.24, 2.45) is 0 Å². The molecule has 1 heterocycles. The molecule has 2 N–H and O–H groups in total. The monoisotopic (exact) mass is 287 g/mol. The number of nitrogens with zero attached hydrogens (tertiary/aromatic N) is 2. The van der Waals surface area contributed by atoms with E-state index in [1.165, 1.54) is 0 Å². The van der Waals surface area contributed by atoms with Gasteiger partial charge in [0.1, 0.15) is 5.75 Å². The fourth-order valence-corrected chi connectivity index (χ4v) is 2.65. The Morgan fingerprint density at radius 1 is 1.25 bits per heavy atom. The fraction of sp³-hybridized carbons (Fsp3) is 0.133. The summed E-state index contributed by atoms with van der Waals surface area (Å²) in [4.78, 5) is 4.38. The van der Waals surface area contributed by atoms with E-state index in [1.54, 1.807) is 7.11 Å². The number of rotatable bonds is 2. The molecule has 0 spiro atoms. The zero-order chi connectivity index (χ0) is 14.3. The standard InChI is InChI=1S/C15H14ClN3O/c1-9-4-3-5-11(16)14(9)19-13-7-6-10(20-2)8-12(13)18-15(19)17/h3-8H,1-2H3,(H2,17,18). The summed E-state index contributed by atoms with van der Waals surface area (Å²) in [6.45, 7) is 2.00. The van der Waals surface area contributed by atoms with E-state index >= 15 is 0 Å². The van der Waals surface area contributed by atoms with Crippen molar-refractivity contribution in [2.75, 3.05) is 12.8 Å². The Hall–Kier alpha value is -2.20. The number of para-hydroxylation sites is 1. The smallest absolute Gasteiger partial charge is 0.205 e. The molecule has 0 atom stereocenters. The average Bonchev–Trinajstić information content (AvgIpc) is 2.74. The van der Waals surface area contributed by atoms with Crippen LogP contribution in [0, 0.1) is 6.92 Å². The third-order valence-electron chi connectivity index (χ3n) is 3.30. The predicted octanol–water partition coefficient (Wildman–Crippen LogP) is 3.58. The number of aromatic nitrogens is 2. The number of aryl methyl sites for hydroxylation is 1. The first kappa shape index (κ1) is 12.8. The number of ether oxygens (including phenoxy) is 1. The van der Waals surface area contributed by atoms with E-state index in [0.29, 0.717) is 11.0 Å². The molecule has 0 amide bonds. The number of nitrogen functional groups attached to an aromatic ring is 1. The number of fused-ring (bicyclic) bond motifs is 1. The van der Waals surface area contributed by atoms with Crippen LogP contribution in [0.1, 0.15) is 5.56 Å². The van der Waals surface area contributed by atoms with Crippen molar-refractivity contribution in [3.8, 4) is 11.4 Å². The second kappa shape index (κ2) is 4.72. The van der Waals surface area contributed by atoms with Gasteiger partial charge < -0.3 is 10.5 Å². The third kappa shape index (κ3) is 1.89. The van der Waals surface area contributed by atoms with Crippen LogP contribution in [0.25, 0.3) is 16.7 Å². The lowest BCUT2D eigenvalue weighted by atomic mass is 10.2. The van der Waals surface area contributed by atoms with Gasteiger partial charge in [0.2, 0.25) is 5.95 Å². The number of halogens is 1. The summed E-state index contributed by atoms with van der Waals surface area (Å²) in [7, 11) is 1.62. The highest BCUT2D eigenvalue weighted by Crippen LogP contribution is 2.31. The molecular weight excluding hydrogens is 274 g/mol. The molecule has 0 unspecified atom stereocenters. The van der Waals surface area contributed by atoms with Crippen LogP contribution in [0.5, 0.6) is 5.75 Å². The van der Waals surface area contributed by atoms with Gasteiger partial charge in [0.15, 0.2) is 0 Å². The van der Waals surface area contributed by atoms with Gasteiger partial charge in [0.05, 0.1) is 28.9 Å². The van der Waals surface area contributed by atoms with E-state index in [1.807, 2.05) is 47.9 Å². The van der Waals surface area contributed by atoms with Gasteiger partial charge in [-0.1, -0.05) is 23.7 Å². The van der Waals surface area contributed by atoms with Gasteiger partial charge in [-0.3, -0.25) is 4.57 Å². The molecule has 3 rings (SSSR count). The normalized spacial score (nSPS) is 10.9. The van der Waals surface area contributed by atoms with Crippen LogP contribution >= 0.6 is 11.6 Å². The Balaban J connectivity index is 2.34. The lowest BCUT2D eigenvalue weighted by Gasteiger charge is -2.12. The van der Waals surface area contributed by atoms with Crippen LogP contribution in [-0.2, 0) is 0 Å². The van der Waals surface area contributed by atoms with Gasteiger partial charge in [0.25, 0.3) is 0 Å². The number of benzene rings is 2. The van der Waals surface area contributed by atoms with Crippen molar-refractivity contribution >= 4 is 28.6 Å². The first-order valence-electron chi connectivity index (χ1n) is 6.19. The third-order valence-corrected chi connectivity index (χ3v) is 3.60. The molecular formula is C15H14ClN3O. The zero-order valence-electron chi connectivity index (χ0n) is 11.2. The first-order chi connectivity index (χ1) is 9.61. The fourth-order valence-electron chi connectivity index (χ4n) is 2.35. The lowest BCUT2D eigenvalue weighted by molar-refractivity contribution is 0.415. The van der Waals surface area contributed by atoms with E-state index in [9.17, 15) is 0 Å². The Morgan fingerprint density at radius 3 is 2.75 bits per heavy atom. The van der Waals surface area contributed by atoms with E-state index in [4.69, 9.17) is 22.1 Å². The lowest BCUT2D eigenvalue weighted by Crippen LogP contribution is -2.03. The van der Waals surface area contributed by atoms with Crippen molar-refractivity contribution in [1.82, 2.24) is 9.55 Å². The number of hydrogen-bond acceptors (Lipinski definition) is 3. The van der Waals surface area contributed by atoms with Gasteiger partial charge in [-0.25, -0.2) is 4.98 Å². The average molecular weight is 288 g/mol. The number of nitrogens with two attached hydrogens (primary N) is 1. The van der Waals surface area contributed by atoms with Crippen LogP contribution in [0.15, 0.2) is 36.4 Å². The second-order valence-corrected chi connectivity index (χ2v) is 4.97. The summed E-state index contributed by atoms with van der Waals surface area (Å²) in [6, 6.07) is 11.4. The molecule has 0 aliphatic rings. The van der Waals surface area contributed by atoms with Gasteiger partial charge in [-0.2, -0.15) is 0 Å². The van der Waals surface area contributed by atoms with Crippen molar-refractivity contribution < 1.29 is 4.74 Å². The highest BCUT2D eigenvalue weighted by molar-refractivity contribution is 6.32. The van der Waals surface area contributed by atoms with Crippen LogP contribution in [-0.4, -0.2) is 16.7 Å². The molecule has 20 heavy (non-hydrogen) atoms. The molecule has 0 bridgehead atoms. The molecule has 0 saturated heterocycles. The molecule has 0 radical (unpaired) electrons. The van der Waals surface area contributed by atoms with Gasteiger partial charge in [-0.15, -0.1) is 0 Å². The minimum atomic E-state index is 0.407. The first-order valence-corrected chi connectivity index (χ1v) is 6.57. The van der Waals surface area contributed by atoms with E-state index < -0.39 is 0 Å². The molecule has 0 fully saturated rings. The summed E-state index contributed by atoms with van der Waals surface area (Å²) in [5.41, 5.74) is 9.65. The summed E-state index contributed by atoms with van der Waals surface area (Å²) < 4.78 is 7.08. The highest BCUT2D eigenvalue weighted by atomic mass is 35.5. The van der Waals surface area contributed by atoms with Crippen LogP contribution in [0.3, 0.4) is 0 Å². The molecule has 4 nitrogen and oxygen atoms in total. The van der Waals surface area contributed by atoms with Gasteiger partial charge in [0, 0.05) is 6.07 Å². The Morgan fingerprint density at radius 2 is 2.05 bits per heavy atom. The quantitative estimate of drug-likeness (QED) is 0.784. The highest BCUT2D eigenvalue weighted by Gasteiger charge is 2.14. The maximum absolute atomic E-state index is 6.32. The van der Waals surface area contributed by atoms with Crippen LogP contribution in [0.4, 0.5) is 5.95 Å². The number of hydrogen-bond donors (Lipinski definition) is 1. The summed E-state index contributed by atoms with van der Waals surface area (Å²) >= 11 is 6.32. The number of anilines is 1. The molecule has 102 valence electrons. The van der Waals surface area contributed by atoms with E-state index in [2.05, 4.69) is 4.98 Å². The van der Waals surface area contributed by atoms with Crippen molar-refractivity contribution in [2.45, 2.75) is 6.92 Å². The summed E-state index contributed by atoms with van der Waals surface area (Å²) in [6.07, 6.45) is 0. The number of imidazole rings is 1.